The molecule has 0 unspecified atom stereocenters. The number of halogens is 1. The highest BCUT2D eigenvalue weighted by Gasteiger charge is 2.00. The minimum absolute atomic E-state index is 0.131. The van der Waals surface area contributed by atoms with E-state index in [1.807, 2.05) is 24.3 Å². The van der Waals surface area contributed by atoms with E-state index in [1.54, 1.807) is 41.2 Å². The van der Waals surface area contributed by atoms with Crippen molar-refractivity contribution >= 4 is 32.2 Å². The fourth-order valence-corrected chi connectivity index (χ4v) is 1.58. The van der Waals surface area contributed by atoms with Crippen molar-refractivity contribution in [1.29, 1.82) is 0 Å². The minimum atomic E-state index is -0.131. The molecule has 0 fully saturated rings. The van der Waals surface area contributed by atoms with Crippen molar-refractivity contribution in [1.82, 2.24) is 9.97 Å². The van der Waals surface area contributed by atoms with E-state index in [-0.39, 0.29) is 3.91 Å². The Labute approximate surface area is 106 Å². The van der Waals surface area contributed by atoms with E-state index in [2.05, 4.69) is 15.3 Å². The van der Waals surface area contributed by atoms with Gasteiger partial charge < -0.3 is 5.32 Å². The van der Waals surface area contributed by atoms with Gasteiger partial charge in [0.05, 0.1) is 17.6 Å². The largest absolute Gasteiger partial charge is 0.316 e. The van der Waals surface area contributed by atoms with Crippen molar-refractivity contribution in [2.24, 2.45) is 0 Å². The average Bonchev–Trinajstić information content (AvgIpc) is 2.30. The molecule has 2 aromatic rings. The summed E-state index contributed by atoms with van der Waals surface area (Å²) >= 11 is 1.68. The third-order valence-electron chi connectivity index (χ3n) is 1.96. The number of carbonyl (C=O) groups excluding carboxylic acids is 1. The molecule has 0 saturated heterocycles. The highest BCUT2D eigenvalue weighted by molar-refractivity contribution is 14.1. The van der Waals surface area contributed by atoms with E-state index < -0.39 is 0 Å². The van der Waals surface area contributed by atoms with E-state index in [1.165, 1.54) is 0 Å². The third-order valence-corrected chi connectivity index (χ3v) is 2.23. The first-order valence-electron chi connectivity index (χ1n) is 4.58. The summed E-state index contributed by atoms with van der Waals surface area (Å²) in [6.07, 6.45) is 5.09. The lowest BCUT2D eigenvalue weighted by Crippen LogP contribution is -2.00. The van der Waals surface area contributed by atoms with Gasteiger partial charge in [0.15, 0.2) is 0 Å². The lowest BCUT2D eigenvalue weighted by molar-refractivity contribution is 0.272. The molecule has 0 atom stereocenters. The van der Waals surface area contributed by atoms with Crippen molar-refractivity contribution in [2.45, 2.75) is 0 Å². The van der Waals surface area contributed by atoms with Crippen LogP contribution in [-0.4, -0.2) is 13.9 Å². The maximum Gasteiger partial charge on any atom is 0.285 e. The van der Waals surface area contributed by atoms with Crippen LogP contribution < -0.4 is 5.32 Å². The van der Waals surface area contributed by atoms with Gasteiger partial charge >= 0.3 is 0 Å². The Morgan fingerprint density at radius 3 is 2.69 bits per heavy atom. The van der Waals surface area contributed by atoms with Crippen LogP contribution in [0.1, 0.15) is 0 Å². The number of amides is 1. The number of hydrogen-bond acceptors (Lipinski definition) is 3. The maximum absolute atomic E-state index is 10.8. The summed E-state index contributed by atoms with van der Waals surface area (Å²) in [5, 5.41) is 2.65. The molecule has 0 bridgehead atoms. The van der Waals surface area contributed by atoms with Gasteiger partial charge in [0.25, 0.3) is 3.91 Å². The predicted octanol–water partition coefficient (Wildman–Crippen LogP) is 3.11. The van der Waals surface area contributed by atoms with Crippen LogP contribution in [0, 0.1) is 0 Å². The van der Waals surface area contributed by atoms with Crippen LogP contribution in [0.3, 0.4) is 0 Å². The summed E-state index contributed by atoms with van der Waals surface area (Å²) in [5.74, 6) is 0. The van der Waals surface area contributed by atoms with Gasteiger partial charge in [0.2, 0.25) is 0 Å². The van der Waals surface area contributed by atoms with Crippen molar-refractivity contribution in [3.8, 4) is 11.3 Å². The zero-order valence-electron chi connectivity index (χ0n) is 8.22. The van der Waals surface area contributed by atoms with Crippen LogP contribution in [0.15, 0.2) is 42.9 Å². The smallest absolute Gasteiger partial charge is 0.285 e. The second kappa shape index (κ2) is 5.02. The first kappa shape index (κ1) is 11.0. The molecule has 1 N–H and O–H groups in total. The number of hydrogen-bond donors (Lipinski definition) is 1. The number of nitrogens with zero attached hydrogens (tertiary/aromatic N) is 2. The Hall–Kier alpha value is -1.50. The Kier molecular flexibility index (Phi) is 3.45. The van der Waals surface area contributed by atoms with Gasteiger partial charge in [-0.3, -0.25) is 14.8 Å². The number of anilines is 1. The van der Waals surface area contributed by atoms with Gasteiger partial charge in [0.1, 0.15) is 0 Å². The number of carbonyl (C=O) groups is 1. The molecule has 0 aliphatic rings. The van der Waals surface area contributed by atoms with Gasteiger partial charge in [-0.25, -0.2) is 0 Å². The van der Waals surface area contributed by atoms with Gasteiger partial charge in [-0.1, -0.05) is 0 Å². The fourth-order valence-electron chi connectivity index (χ4n) is 1.27. The molecule has 16 heavy (non-hydrogen) atoms. The summed E-state index contributed by atoms with van der Waals surface area (Å²) in [7, 11) is 0. The second-order valence-corrected chi connectivity index (χ2v) is 4.05. The van der Waals surface area contributed by atoms with E-state index in [0.717, 1.165) is 11.3 Å². The van der Waals surface area contributed by atoms with Crippen LogP contribution in [0.25, 0.3) is 11.3 Å². The Morgan fingerprint density at radius 2 is 2.12 bits per heavy atom. The van der Waals surface area contributed by atoms with Crippen molar-refractivity contribution < 1.29 is 4.79 Å². The molecule has 0 aliphatic carbocycles. The lowest BCUT2D eigenvalue weighted by Gasteiger charge is -2.02. The zero-order valence-corrected chi connectivity index (χ0v) is 10.4. The van der Waals surface area contributed by atoms with Crippen LogP contribution in [0.2, 0.25) is 0 Å². The van der Waals surface area contributed by atoms with Crippen LogP contribution in [0.5, 0.6) is 0 Å². The molecule has 2 aromatic heterocycles. The molecule has 0 aromatic carbocycles. The summed E-state index contributed by atoms with van der Waals surface area (Å²) in [6.45, 7) is 0. The standard InChI is InChI=1S/C11H8IN3O/c12-11(16)15-9-3-4-10(14-7-9)8-2-1-5-13-6-8/h1-7H,(H,15,16). The number of rotatable bonds is 2. The van der Waals surface area contributed by atoms with E-state index >= 15 is 0 Å². The van der Waals surface area contributed by atoms with Crippen LogP contribution in [-0.2, 0) is 0 Å². The van der Waals surface area contributed by atoms with Crippen LogP contribution >= 0.6 is 22.6 Å². The third kappa shape index (κ3) is 2.75. The first-order valence-corrected chi connectivity index (χ1v) is 5.66. The zero-order chi connectivity index (χ0) is 11.4. The highest BCUT2D eigenvalue weighted by Crippen LogP contribution is 2.17. The molecular formula is C11H8IN3O. The SMILES string of the molecule is O=C(I)Nc1ccc(-c2cccnc2)nc1. The number of pyridine rings is 2. The van der Waals surface area contributed by atoms with E-state index in [9.17, 15) is 4.79 Å². The molecule has 5 heteroatoms. The molecular weight excluding hydrogens is 317 g/mol. The first-order chi connectivity index (χ1) is 7.75. The lowest BCUT2D eigenvalue weighted by atomic mass is 10.2. The second-order valence-electron chi connectivity index (χ2n) is 3.07. The minimum Gasteiger partial charge on any atom is -0.316 e. The maximum atomic E-state index is 10.8. The monoisotopic (exact) mass is 325 g/mol. The molecule has 2 heterocycles. The van der Waals surface area contributed by atoms with Crippen molar-refractivity contribution in [3.63, 3.8) is 0 Å². The van der Waals surface area contributed by atoms with Gasteiger partial charge in [0, 0.05) is 40.5 Å². The van der Waals surface area contributed by atoms with Gasteiger partial charge in [-0.15, -0.1) is 0 Å². The molecule has 80 valence electrons. The Bertz CT molecular complexity index is 484. The number of nitrogens with one attached hydrogen (secondary N) is 1. The molecule has 1 amide bonds. The molecule has 4 nitrogen and oxygen atoms in total. The van der Waals surface area contributed by atoms with E-state index in [4.69, 9.17) is 0 Å². The molecule has 2 rings (SSSR count). The summed E-state index contributed by atoms with van der Waals surface area (Å²) < 4.78 is -0.131. The quantitative estimate of drug-likeness (QED) is 0.524. The van der Waals surface area contributed by atoms with Gasteiger partial charge in [-0.05, 0) is 24.3 Å². The summed E-state index contributed by atoms with van der Waals surface area (Å²) in [5.41, 5.74) is 2.47. The Balaban J connectivity index is 2.23. The summed E-state index contributed by atoms with van der Waals surface area (Å²) in [4.78, 5) is 19.1. The summed E-state index contributed by atoms with van der Waals surface area (Å²) in [6, 6.07) is 7.45. The fraction of sp³-hybridized carbons (Fsp3) is 0. The van der Waals surface area contributed by atoms with Crippen molar-refractivity contribution in [3.05, 3.63) is 42.9 Å². The molecule has 0 spiro atoms. The topological polar surface area (TPSA) is 54.9 Å². The van der Waals surface area contributed by atoms with Gasteiger partial charge in [-0.2, -0.15) is 0 Å². The molecule has 0 radical (unpaired) electrons. The highest BCUT2D eigenvalue weighted by atomic mass is 127. The molecule has 0 aliphatic heterocycles. The Morgan fingerprint density at radius 1 is 1.25 bits per heavy atom. The van der Waals surface area contributed by atoms with Crippen LogP contribution in [0.4, 0.5) is 10.5 Å². The van der Waals surface area contributed by atoms with Crippen molar-refractivity contribution in [2.75, 3.05) is 5.32 Å². The van der Waals surface area contributed by atoms with E-state index in [0.29, 0.717) is 5.69 Å². The normalized spacial score (nSPS) is 9.81. The average molecular weight is 325 g/mol. The number of aromatic nitrogens is 2. The predicted molar refractivity (Wildman–Crippen MR) is 70.5 cm³/mol. The molecule has 0 saturated carbocycles.